The number of hydrogen-bond acceptors (Lipinski definition) is 8. The average Bonchev–Trinajstić information content (AvgIpc) is 3.36. The van der Waals surface area contributed by atoms with Gasteiger partial charge < -0.3 is 18.5 Å². The van der Waals surface area contributed by atoms with Gasteiger partial charge in [-0.1, -0.05) is 51.4 Å². The third-order valence-corrected chi connectivity index (χ3v) is 5.47. The van der Waals surface area contributed by atoms with Gasteiger partial charge in [-0.05, 0) is 19.3 Å². The monoisotopic (exact) mass is 448 g/mol. The van der Waals surface area contributed by atoms with Crippen molar-refractivity contribution in [1.82, 2.24) is 10.3 Å². The number of nitrogens with zero attached hydrogens (tertiary/aromatic N) is 2. The van der Waals surface area contributed by atoms with Crippen molar-refractivity contribution in [3.63, 3.8) is 0 Å². The van der Waals surface area contributed by atoms with Gasteiger partial charge in [0.25, 0.3) is 0 Å². The Balaban J connectivity index is 1.87. The van der Waals surface area contributed by atoms with E-state index in [0.29, 0.717) is 38.5 Å². The summed E-state index contributed by atoms with van der Waals surface area (Å²) in [5, 5.41) is 8.07. The summed E-state index contributed by atoms with van der Waals surface area (Å²) in [7, 11) is 0. The summed E-state index contributed by atoms with van der Waals surface area (Å²) in [5.74, 6) is 0.811. The minimum absolute atomic E-state index is 0.140. The van der Waals surface area contributed by atoms with Crippen molar-refractivity contribution < 1.29 is 28.1 Å². The summed E-state index contributed by atoms with van der Waals surface area (Å²) in [4.78, 5) is 24.9. The first kappa shape index (κ1) is 25.6. The first-order valence-corrected chi connectivity index (χ1v) is 11.7. The molecule has 8 nitrogen and oxygen atoms in total. The summed E-state index contributed by atoms with van der Waals surface area (Å²) < 4.78 is 21.8. The molecule has 1 atom stereocenters. The summed E-state index contributed by atoms with van der Waals surface area (Å²) in [5.41, 5.74) is 3.24. The van der Waals surface area contributed by atoms with Crippen LogP contribution in [-0.2, 0) is 57.6 Å². The smallest absolute Gasteiger partial charge is 0.310 e. The number of aromatic nitrogens is 2. The molecule has 0 aromatic carbocycles. The highest BCUT2D eigenvalue weighted by Gasteiger charge is 2.21. The van der Waals surface area contributed by atoms with E-state index >= 15 is 0 Å². The zero-order valence-electron chi connectivity index (χ0n) is 20.0. The van der Waals surface area contributed by atoms with Crippen LogP contribution in [-0.4, -0.2) is 35.0 Å². The van der Waals surface area contributed by atoms with E-state index in [1.807, 2.05) is 34.6 Å². The number of esters is 2. The third kappa shape index (κ3) is 6.93. The normalized spacial score (nSPS) is 12.0. The number of carbonyl (C=O) groups is 2. The van der Waals surface area contributed by atoms with Crippen LogP contribution in [0.15, 0.2) is 9.05 Å². The standard InChI is InChI=1S/C24H36N2O6/c1-6-11-16(30-24(28)15-18-20(8-3)26-32-22(18)10-5)12-13-29-23(27)14-17-19(7-2)25-31-21(17)9-4/h16H,6-15H2,1-5H3/t16-/m1/s1. The highest BCUT2D eigenvalue weighted by molar-refractivity contribution is 5.74. The number of rotatable bonds is 14. The van der Waals surface area contributed by atoms with Crippen molar-refractivity contribution in [2.75, 3.05) is 6.61 Å². The van der Waals surface area contributed by atoms with E-state index in [1.165, 1.54) is 0 Å². The van der Waals surface area contributed by atoms with Gasteiger partial charge in [-0.25, -0.2) is 0 Å². The lowest BCUT2D eigenvalue weighted by Gasteiger charge is -2.17. The molecule has 2 heterocycles. The van der Waals surface area contributed by atoms with E-state index in [2.05, 4.69) is 10.3 Å². The average molecular weight is 449 g/mol. The van der Waals surface area contributed by atoms with Crippen LogP contribution in [0, 0.1) is 0 Å². The summed E-state index contributed by atoms with van der Waals surface area (Å²) in [6.07, 6.45) is 4.76. The fraction of sp³-hybridized carbons (Fsp3) is 0.667. The second kappa shape index (κ2) is 13.0. The molecular weight excluding hydrogens is 412 g/mol. The van der Waals surface area contributed by atoms with Crippen LogP contribution in [0.3, 0.4) is 0 Å². The molecule has 0 aliphatic rings. The summed E-state index contributed by atoms with van der Waals surface area (Å²) >= 11 is 0. The molecule has 0 aliphatic heterocycles. The lowest BCUT2D eigenvalue weighted by molar-refractivity contribution is -0.150. The van der Waals surface area contributed by atoms with Gasteiger partial charge in [-0.15, -0.1) is 0 Å². The maximum atomic E-state index is 12.6. The highest BCUT2D eigenvalue weighted by Crippen LogP contribution is 2.19. The predicted molar refractivity (Wildman–Crippen MR) is 118 cm³/mol. The van der Waals surface area contributed by atoms with E-state index in [9.17, 15) is 9.59 Å². The van der Waals surface area contributed by atoms with E-state index in [4.69, 9.17) is 18.5 Å². The molecule has 0 amide bonds. The number of hydrogen-bond donors (Lipinski definition) is 0. The van der Waals surface area contributed by atoms with Gasteiger partial charge in [-0.3, -0.25) is 9.59 Å². The Kier molecular flexibility index (Phi) is 10.4. The highest BCUT2D eigenvalue weighted by atomic mass is 16.6. The SMILES string of the molecule is CCC[C@H](CCOC(=O)Cc1c(CC)noc1CC)OC(=O)Cc1c(CC)noc1CC. The van der Waals surface area contributed by atoms with E-state index < -0.39 is 0 Å². The molecule has 0 N–H and O–H groups in total. The molecule has 0 fully saturated rings. The molecule has 0 saturated heterocycles. The van der Waals surface area contributed by atoms with Gasteiger partial charge in [0, 0.05) is 30.4 Å². The Labute approximate surface area is 190 Å². The predicted octanol–water partition coefficient (Wildman–Crippen LogP) is 4.34. The zero-order valence-corrected chi connectivity index (χ0v) is 20.0. The first-order chi connectivity index (χ1) is 15.5. The van der Waals surface area contributed by atoms with Crippen molar-refractivity contribution in [2.45, 2.75) is 98.5 Å². The Morgan fingerprint density at radius 1 is 0.781 bits per heavy atom. The van der Waals surface area contributed by atoms with Gasteiger partial charge in [0.15, 0.2) is 0 Å². The molecule has 2 aromatic rings. The quantitative estimate of drug-likeness (QED) is 0.393. The lowest BCUT2D eigenvalue weighted by Crippen LogP contribution is -2.23. The summed E-state index contributed by atoms with van der Waals surface area (Å²) in [6.45, 7) is 10.1. The zero-order chi connectivity index (χ0) is 23.5. The van der Waals surface area contributed by atoms with Gasteiger partial charge in [0.1, 0.15) is 17.6 Å². The van der Waals surface area contributed by atoms with Gasteiger partial charge >= 0.3 is 11.9 Å². The van der Waals surface area contributed by atoms with Gasteiger partial charge in [0.05, 0.1) is 30.8 Å². The third-order valence-electron chi connectivity index (χ3n) is 5.47. The van der Waals surface area contributed by atoms with Crippen molar-refractivity contribution >= 4 is 11.9 Å². The van der Waals surface area contributed by atoms with Crippen LogP contribution in [0.25, 0.3) is 0 Å². The molecule has 32 heavy (non-hydrogen) atoms. The Bertz CT molecular complexity index is 827. The Morgan fingerprint density at radius 3 is 1.78 bits per heavy atom. The number of carbonyl (C=O) groups excluding carboxylic acids is 2. The minimum Gasteiger partial charge on any atom is -0.465 e. The Morgan fingerprint density at radius 2 is 1.31 bits per heavy atom. The van der Waals surface area contributed by atoms with E-state index in [1.54, 1.807) is 0 Å². The largest absolute Gasteiger partial charge is 0.465 e. The van der Waals surface area contributed by atoms with Crippen molar-refractivity contribution in [3.05, 3.63) is 34.0 Å². The number of ether oxygens (including phenoxy) is 2. The minimum atomic E-state index is -0.330. The van der Waals surface area contributed by atoms with Gasteiger partial charge in [-0.2, -0.15) is 0 Å². The maximum Gasteiger partial charge on any atom is 0.310 e. The van der Waals surface area contributed by atoms with E-state index in [0.717, 1.165) is 40.5 Å². The lowest BCUT2D eigenvalue weighted by atomic mass is 10.1. The molecule has 178 valence electrons. The van der Waals surface area contributed by atoms with Crippen LogP contribution >= 0.6 is 0 Å². The molecule has 2 aromatic heterocycles. The van der Waals surface area contributed by atoms with Crippen molar-refractivity contribution in [3.8, 4) is 0 Å². The topological polar surface area (TPSA) is 105 Å². The van der Waals surface area contributed by atoms with E-state index in [-0.39, 0.29) is 37.5 Å². The molecule has 0 radical (unpaired) electrons. The van der Waals surface area contributed by atoms with Crippen molar-refractivity contribution in [2.24, 2.45) is 0 Å². The number of aryl methyl sites for hydroxylation is 4. The second-order valence-electron chi connectivity index (χ2n) is 7.74. The molecule has 0 saturated carbocycles. The molecule has 0 aliphatic carbocycles. The Hall–Kier alpha value is -2.64. The van der Waals surface area contributed by atoms with Crippen LogP contribution in [0.4, 0.5) is 0 Å². The molecule has 0 bridgehead atoms. The van der Waals surface area contributed by atoms with Crippen LogP contribution in [0.1, 0.15) is 87.9 Å². The molecule has 8 heteroatoms. The molecular formula is C24H36N2O6. The molecule has 0 spiro atoms. The summed E-state index contributed by atoms with van der Waals surface area (Å²) in [6, 6.07) is 0. The van der Waals surface area contributed by atoms with Gasteiger partial charge in [0.2, 0.25) is 0 Å². The second-order valence-corrected chi connectivity index (χ2v) is 7.74. The van der Waals surface area contributed by atoms with Crippen LogP contribution < -0.4 is 0 Å². The first-order valence-electron chi connectivity index (χ1n) is 11.7. The maximum absolute atomic E-state index is 12.6. The van der Waals surface area contributed by atoms with Crippen LogP contribution in [0.5, 0.6) is 0 Å². The fourth-order valence-corrected chi connectivity index (χ4v) is 3.73. The van der Waals surface area contributed by atoms with Crippen LogP contribution in [0.2, 0.25) is 0 Å². The fourth-order valence-electron chi connectivity index (χ4n) is 3.73. The van der Waals surface area contributed by atoms with Crippen molar-refractivity contribution in [1.29, 1.82) is 0 Å². The molecule has 2 rings (SSSR count). The molecule has 0 unspecified atom stereocenters.